The molecule has 0 spiro atoms. The van der Waals surface area contributed by atoms with E-state index in [1.165, 1.54) is 12.8 Å². The predicted octanol–water partition coefficient (Wildman–Crippen LogP) is 2.73. The molecule has 0 aliphatic carbocycles. The molecule has 0 amide bonds. The van der Waals surface area contributed by atoms with Gasteiger partial charge in [0.05, 0.1) is 5.52 Å². The summed E-state index contributed by atoms with van der Waals surface area (Å²) in [6.45, 7) is 2.89. The summed E-state index contributed by atoms with van der Waals surface area (Å²) < 4.78 is 4.99. The van der Waals surface area contributed by atoms with Crippen LogP contribution in [-0.4, -0.2) is 23.1 Å². The molecule has 4 rings (SSSR count). The highest BCUT2D eigenvalue weighted by Crippen LogP contribution is 2.19. The number of hydrogen-bond donors (Lipinski definition) is 2. The summed E-state index contributed by atoms with van der Waals surface area (Å²) in [4.78, 5) is 20.7. The van der Waals surface area contributed by atoms with Crippen LogP contribution in [0.3, 0.4) is 0 Å². The number of benzene rings is 1. The second-order valence-corrected chi connectivity index (χ2v) is 5.80. The summed E-state index contributed by atoms with van der Waals surface area (Å²) in [6, 6.07) is 9.73. The first kappa shape index (κ1) is 13.9. The van der Waals surface area contributed by atoms with Gasteiger partial charge >= 0.3 is 5.76 Å². The molecule has 118 valence electrons. The Morgan fingerprint density at radius 2 is 2.09 bits per heavy atom. The average Bonchev–Trinajstić information content (AvgIpc) is 3.21. The van der Waals surface area contributed by atoms with Gasteiger partial charge in [-0.3, -0.25) is 4.98 Å². The Morgan fingerprint density at radius 3 is 2.87 bits per heavy atom. The average molecular weight is 310 g/mol. The van der Waals surface area contributed by atoms with E-state index in [9.17, 15) is 4.79 Å². The lowest BCUT2D eigenvalue weighted by atomic mass is 10.2. The molecule has 1 fully saturated rings. The molecule has 0 atom stereocenters. The van der Waals surface area contributed by atoms with Gasteiger partial charge in [-0.05, 0) is 42.7 Å². The lowest BCUT2D eigenvalue weighted by molar-refractivity contribution is 0.555. The summed E-state index contributed by atoms with van der Waals surface area (Å²) >= 11 is 0. The number of anilines is 2. The van der Waals surface area contributed by atoms with Crippen molar-refractivity contribution in [1.82, 2.24) is 9.97 Å². The van der Waals surface area contributed by atoms with E-state index in [1.54, 1.807) is 6.07 Å². The van der Waals surface area contributed by atoms with Crippen molar-refractivity contribution in [3.05, 3.63) is 52.6 Å². The van der Waals surface area contributed by atoms with Gasteiger partial charge in [0.25, 0.3) is 0 Å². The summed E-state index contributed by atoms with van der Waals surface area (Å²) in [7, 11) is 0. The summed E-state index contributed by atoms with van der Waals surface area (Å²) in [5.41, 5.74) is 3.31. The molecule has 0 saturated carbocycles. The number of rotatable bonds is 4. The van der Waals surface area contributed by atoms with Crippen molar-refractivity contribution in [3.63, 3.8) is 0 Å². The molecule has 0 bridgehead atoms. The SMILES string of the molecule is O=c1[nH]c2cc(NCc3ccc(N4CCCC4)nc3)ccc2o1. The van der Waals surface area contributed by atoms with Crippen LogP contribution in [0.25, 0.3) is 11.1 Å². The van der Waals surface area contributed by atoms with Gasteiger partial charge in [-0.1, -0.05) is 6.07 Å². The van der Waals surface area contributed by atoms with Crippen molar-refractivity contribution in [2.75, 3.05) is 23.3 Å². The van der Waals surface area contributed by atoms with E-state index in [1.807, 2.05) is 18.3 Å². The first-order valence-corrected chi connectivity index (χ1v) is 7.84. The number of hydrogen-bond acceptors (Lipinski definition) is 5. The molecule has 0 radical (unpaired) electrons. The molecule has 0 unspecified atom stereocenters. The Bertz CT molecular complexity index is 860. The minimum atomic E-state index is -0.432. The smallest absolute Gasteiger partial charge is 0.408 e. The monoisotopic (exact) mass is 310 g/mol. The molecule has 1 aliphatic rings. The minimum absolute atomic E-state index is 0.432. The Morgan fingerprint density at radius 1 is 1.22 bits per heavy atom. The van der Waals surface area contributed by atoms with Crippen molar-refractivity contribution in [3.8, 4) is 0 Å². The normalized spacial score (nSPS) is 14.5. The van der Waals surface area contributed by atoms with Crippen LogP contribution in [0.5, 0.6) is 0 Å². The largest absolute Gasteiger partial charge is 0.417 e. The van der Waals surface area contributed by atoms with Gasteiger partial charge in [-0.25, -0.2) is 9.78 Å². The highest BCUT2D eigenvalue weighted by atomic mass is 16.4. The highest BCUT2D eigenvalue weighted by Gasteiger charge is 2.12. The highest BCUT2D eigenvalue weighted by molar-refractivity contribution is 5.76. The lowest BCUT2D eigenvalue weighted by Gasteiger charge is -2.16. The summed E-state index contributed by atoms with van der Waals surface area (Å²) in [5, 5.41) is 3.33. The zero-order chi connectivity index (χ0) is 15.6. The quantitative estimate of drug-likeness (QED) is 0.775. The van der Waals surface area contributed by atoms with Gasteiger partial charge in [0.15, 0.2) is 5.58 Å². The number of oxazole rings is 1. The molecule has 2 aromatic heterocycles. The second-order valence-electron chi connectivity index (χ2n) is 5.80. The van der Waals surface area contributed by atoms with E-state index in [4.69, 9.17) is 4.42 Å². The Hall–Kier alpha value is -2.76. The third-order valence-electron chi connectivity index (χ3n) is 4.15. The van der Waals surface area contributed by atoms with Gasteiger partial charge in [-0.15, -0.1) is 0 Å². The Balaban J connectivity index is 1.43. The molecule has 3 aromatic rings. The van der Waals surface area contributed by atoms with Crippen molar-refractivity contribution in [2.24, 2.45) is 0 Å². The van der Waals surface area contributed by atoms with Crippen LogP contribution in [-0.2, 0) is 6.54 Å². The van der Waals surface area contributed by atoms with Crippen LogP contribution >= 0.6 is 0 Å². The molecule has 6 nitrogen and oxygen atoms in total. The van der Waals surface area contributed by atoms with E-state index >= 15 is 0 Å². The molecule has 1 aromatic carbocycles. The fourth-order valence-electron chi connectivity index (χ4n) is 2.92. The molecular formula is C17H18N4O2. The molecule has 23 heavy (non-hydrogen) atoms. The molecule has 1 aliphatic heterocycles. The van der Waals surface area contributed by atoms with Crippen LogP contribution in [0, 0.1) is 0 Å². The molecule has 1 saturated heterocycles. The van der Waals surface area contributed by atoms with E-state index in [2.05, 4.69) is 32.3 Å². The number of aromatic amines is 1. The minimum Gasteiger partial charge on any atom is -0.408 e. The maximum atomic E-state index is 11.2. The zero-order valence-electron chi connectivity index (χ0n) is 12.7. The number of H-pyrrole nitrogens is 1. The maximum Gasteiger partial charge on any atom is 0.417 e. The van der Waals surface area contributed by atoms with Crippen molar-refractivity contribution >= 4 is 22.6 Å². The first-order chi connectivity index (χ1) is 11.3. The van der Waals surface area contributed by atoms with E-state index in [-0.39, 0.29) is 0 Å². The number of aromatic nitrogens is 2. The fraction of sp³-hybridized carbons (Fsp3) is 0.294. The van der Waals surface area contributed by atoms with Gasteiger partial charge in [-0.2, -0.15) is 0 Å². The third kappa shape index (κ3) is 2.92. The topological polar surface area (TPSA) is 74.2 Å². The van der Waals surface area contributed by atoms with Crippen LogP contribution in [0.2, 0.25) is 0 Å². The van der Waals surface area contributed by atoms with Gasteiger partial charge in [0.1, 0.15) is 5.82 Å². The van der Waals surface area contributed by atoms with Crippen molar-refractivity contribution < 1.29 is 4.42 Å². The van der Waals surface area contributed by atoms with Crippen molar-refractivity contribution in [1.29, 1.82) is 0 Å². The predicted molar refractivity (Wildman–Crippen MR) is 89.8 cm³/mol. The van der Waals surface area contributed by atoms with Crippen LogP contribution in [0.1, 0.15) is 18.4 Å². The zero-order valence-corrected chi connectivity index (χ0v) is 12.7. The van der Waals surface area contributed by atoms with Crippen LogP contribution in [0.4, 0.5) is 11.5 Å². The summed E-state index contributed by atoms with van der Waals surface area (Å²) in [5.74, 6) is 0.627. The number of fused-ring (bicyclic) bond motifs is 1. The number of nitrogens with zero attached hydrogens (tertiary/aromatic N) is 2. The lowest BCUT2D eigenvalue weighted by Crippen LogP contribution is -2.18. The first-order valence-electron chi connectivity index (χ1n) is 7.84. The van der Waals surface area contributed by atoms with E-state index in [0.717, 1.165) is 30.2 Å². The number of nitrogens with one attached hydrogen (secondary N) is 2. The third-order valence-corrected chi connectivity index (χ3v) is 4.15. The van der Waals surface area contributed by atoms with Crippen LogP contribution < -0.4 is 16.0 Å². The number of pyridine rings is 1. The Kier molecular flexibility index (Phi) is 3.49. The second kappa shape index (κ2) is 5.79. The summed E-state index contributed by atoms with van der Waals surface area (Å²) in [6.07, 6.45) is 4.42. The standard InChI is InChI=1S/C17H18N4O2/c22-17-20-14-9-13(4-5-15(14)23-17)18-10-12-3-6-16(19-11-12)21-7-1-2-8-21/h3-6,9,11,18H,1-2,7-8,10H2,(H,20,22). The van der Waals surface area contributed by atoms with Crippen LogP contribution in [0.15, 0.2) is 45.7 Å². The van der Waals surface area contributed by atoms with E-state index in [0.29, 0.717) is 17.6 Å². The van der Waals surface area contributed by atoms with Gasteiger partial charge in [0, 0.05) is 31.5 Å². The van der Waals surface area contributed by atoms with E-state index < -0.39 is 5.76 Å². The molecule has 2 N–H and O–H groups in total. The van der Waals surface area contributed by atoms with Crippen molar-refractivity contribution in [2.45, 2.75) is 19.4 Å². The maximum absolute atomic E-state index is 11.2. The van der Waals surface area contributed by atoms with Gasteiger partial charge in [0.2, 0.25) is 0 Å². The molecule has 6 heteroatoms. The molecular weight excluding hydrogens is 292 g/mol. The van der Waals surface area contributed by atoms with Gasteiger partial charge < -0.3 is 14.6 Å². The fourth-order valence-corrected chi connectivity index (χ4v) is 2.92. The molecule has 3 heterocycles. The Labute approximate surface area is 133 Å².